The largest absolute Gasteiger partial charge is 0.413 e. The van der Waals surface area contributed by atoms with Gasteiger partial charge in [-0.1, -0.05) is 39.0 Å². The maximum atomic E-state index is 12.1. The summed E-state index contributed by atoms with van der Waals surface area (Å²) >= 11 is 0. The lowest BCUT2D eigenvalue weighted by molar-refractivity contribution is 0.287. The highest BCUT2D eigenvalue weighted by atomic mass is 32.2. The van der Waals surface area contributed by atoms with Crippen LogP contribution in [0.5, 0.6) is 0 Å². The van der Waals surface area contributed by atoms with Crippen molar-refractivity contribution in [1.29, 1.82) is 0 Å². The molecule has 1 aliphatic heterocycles. The van der Waals surface area contributed by atoms with Crippen LogP contribution in [-0.4, -0.2) is 23.8 Å². The molecule has 5 nitrogen and oxygen atoms in total. The predicted molar refractivity (Wildman–Crippen MR) is 107 cm³/mol. The highest BCUT2D eigenvalue weighted by molar-refractivity contribution is 7.94. The van der Waals surface area contributed by atoms with Crippen molar-refractivity contribution < 1.29 is 12.8 Å². The zero-order valence-electron chi connectivity index (χ0n) is 15.3. The first-order valence-electron chi connectivity index (χ1n) is 8.82. The number of hydrogen-bond donors (Lipinski definition) is 1. The van der Waals surface area contributed by atoms with Crippen molar-refractivity contribution in [3.05, 3.63) is 35.9 Å². The van der Waals surface area contributed by atoms with E-state index in [1.807, 2.05) is 18.2 Å². The molecule has 0 spiro atoms. The number of fused-ring (bicyclic) bond motifs is 3. The van der Waals surface area contributed by atoms with Crippen LogP contribution in [0.2, 0.25) is 18.1 Å². The Labute approximate surface area is 151 Å². The normalized spacial score (nSPS) is 16.1. The lowest BCUT2D eigenvalue weighted by atomic mass is 10.0. The Kier molecular flexibility index (Phi) is 4.83. The molecule has 0 saturated carbocycles. The average Bonchev–Trinajstić information content (AvgIpc) is 2.86. The van der Waals surface area contributed by atoms with Gasteiger partial charge in [0.05, 0.1) is 18.0 Å². The van der Waals surface area contributed by atoms with Crippen LogP contribution in [0, 0.1) is 0 Å². The van der Waals surface area contributed by atoms with E-state index in [2.05, 4.69) is 37.6 Å². The van der Waals surface area contributed by atoms with Gasteiger partial charge in [-0.25, -0.2) is 0 Å². The first kappa shape index (κ1) is 18.2. The summed E-state index contributed by atoms with van der Waals surface area (Å²) in [4.78, 5) is 0. The highest BCUT2D eigenvalue weighted by Crippen LogP contribution is 2.41. The number of nitrogens with zero attached hydrogens (tertiary/aromatic N) is 1. The number of benzene rings is 2. The Morgan fingerprint density at radius 3 is 2.36 bits per heavy atom. The molecule has 0 atom stereocenters. The van der Waals surface area contributed by atoms with Crippen LogP contribution in [-0.2, 0) is 21.2 Å². The molecular weight excluding hydrogens is 352 g/mol. The van der Waals surface area contributed by atoms with E-state index >= 15 is 0 Å². The third-order valence-corrected chi connectivity index (χ3v) is 11.5. The fourth-order valence-corrected chi connectivity index (χ4v) is 7.08. The standard InChI is InChI=1S/C18H26N2O3SSi/c1-5-25(6-2,7-3)23-13-14-8-9-15-10-11-17-18(16(15)12-14)20(4)24(21,22)19-17/h8-12,19H,5-7,13H2,1-4H3. The minimum absolute atomic E-state index is 0.589. The summed E-state index contributed by atoms with van der Waals surface area (Å²) in [5, 5.41) is 1.96. The second kappa shape index (κ2) is 6.62. The summed E-state index contributed by atoms with van der Waals surface area (Å²) in [5.74, 6) is 0. The van der Waals surface area contributed by atoms with Crippen LogP contribution in [0.15, 0.2) is 30.3 Å². The van der Waals surface area contributed by atoms with Crippen molar-refractivity contribution in [2.45, 2.75) is 45.5 Å². The smallest absolute Gasteiger partial charge is 0.323 e. The Morgan fingerprint density at radius 2 is 1.72 bits per heavy atom. The first-order valence-corrected chi connectivity index (χ1v) is 12.8. The highest BCUT2D eigenvalue weighted by Gasteiger charge is 2.31. The van der Waals surface area contributed by atoms with Crippen molar-refractivity contribution in [2.24, 2.45) is 0 Å². The van der Waals surface area contributed by atoms with Crippen LogP contribution in [0.1, 0.15) is 26.3 Å². The molecule has 3 rings (SSSR count). The van der Waals surface area contributed by atoms with Crippen LogP contribution in [0.4, 0.5) is 11.4 Å². The van der Waals surface area contributed by atoms with Gasteiger partial charge in [-0.15, -0.1) is 0 Å². The van der Waals surface area contributed by atoms with Gasteiger partial charge in [0.1, 0.15) is 0 Å². The monoisotopic (exact) mass is 378 g/mol. The summed E-state index contributed by atoms with van der Waals surface area (Å²) < 4.78 is 34.5. The zero-order chi connectivity index (χ0) is 18.2. The zero-order valence-corrected chi connectivity index (χ0v) is 17.1. The van der Waals surface area contributed by atoms with Crippen molar-refractivity contribution in [1.82, 2.24) is 0 Å². The molecule has 2 aromatic carbocycles. The molecule has 1 N–H and O–H groups in total. The Bertz CT molecular complexity index is 886. The maximum absolute atomic E-state index is 12.1. The maximum Gasteiger partial charge on any atom is 0.323 e. The Hall–Kier alpha value is -1.57. The summed E-state index contributed by atoms with van der Waals surface area (Å²) in [5.41, 5.74) is 2.43. The molecule has 25 heavy (non-hydrogen) atoms. The minimum Gasteiger partial charge on any atom is -0.413 e. The molecule has 0 radical (unpaired) electrons. The van der Waals surface area contributed by atoms with Crippen LogP contribution in [0.3, 0.4) is 0 Å². The second-order valence-corrected chi connectivity index (χ2v) is 13.1. The molecule has 0 aromatic heterocycles. The molecule has 0 fully saturated rings. The molecule has 0 bridgehead atoms. The van der Waals surface area contributed by atoms with Gasteiger partial charge in [0.25, 0.3) is 0 Å². The summed E-state index contributed by atoms with van der Waals surface area (Å²) in [6.07, 6.45) is 0. The molecule has 0 amide bonds. The third kappa shape index (κ3) is 3.16. The molecule has 1 aliphatic rings. The van der Waals surface area contributed by atoms with Gasteiger partial charge in [0.2, 0.25) is 0 Å². The van der Waals surface area contributed by atoms with Crippen molar-refractivity contribution >= 4 is 40.7 Å². The van der Waals surface area contributed by atoms with E-state index in [9.17, 15) is 8.42 Å². The average molecular weight is 379 g/mol. The summed E-state index contributed by atoms with van der Waals surface area (Å²) in [7, 11) is -3.54. The van der Waals surface area contributed by atoms with E-state index in [0.29, 0.717) is 18.0 Å². The number of rotatable bonds is 6. The molecule has 136 valence electrons. The first-order chi connectivity index (χ1) is 11.9. The molecule has 7 heteroatoms. The van der Waals surface area contributed by atoms with Gasteiger partial charge in [0, 0.05) is 12.4 Å². The summed E-state index contributed by atoms with van der Waals surface area (Å²) in [6, 6.07) is 13.3. The molecule has 0 aliphatic carbocycles. The van der Waals surface area contributed by atoms with E-state index in [0.717, 1.165) is 34.5 Å². The van der Waals surface area contributed by atoms with E-state index in [1.54, 1.807) is 7.05 Å². The van der Waals surface area contributed by atoms with Gasteiger partial charge in [-0.2, -0.15) is 8.42 Å². The molecule has 0 unspecified atom stereocenters. The van der Waals surface area contributed by atoms with E-state index < -0.39 is 18.5 Å². The van der Waals surface area contributed by atoms with E-state index in [-0.39, 0.29) is 0 Å². The molecule has 0 saturated heterocycles. The molecule has 2 aromatic rings. The number of hydrogen-bond acceptors (Lipinski definition) is 3. The SMILES string of the molecule is CC[Si](CC)(CC)OCc1ccc2ccc3c(c2c1)N(C)S(=O)(=O)N3. The van der Waals surface area contributed by atoms with Gasteiger partial charge in [-0.3, -0.25) is 9.03 Å². The van der Waals surface area contributed by atoms with Gasteiger partial charge >= 0.3 is 10.2 Å². The van der Waals surface area contributed by atoms with Crippen LogP contribution < -0.4 is 9.03 Å². The third-order valence-electron chi connectivity index (χ3n) is 5.45. The number of nitrogens with one attached hydrogen (secondary N) is 1. The van der Waals surface area contributed by atoms with Crippen LogP contribution in [0.25, 0.3) is 10.8 Å². The quantitative estimate of drug-likeness (QED) is 0.755. The predicted octanol–water partition coefficient (Wildman–Crippen LogP) is 4.47. The van der Waals surface area contributed by atoms with Gasteiger partial charge in [0.15, 0.2) is 8.32 Å². The summed E-state index contributed by atoms with van der Waals surface area (Å²) in [6.45, 7) is 7.25. The van der Waals surface area contributed by atoms with Gasteiger partial charge < -0.3 is 4.43 Å². The number of anilines is 2. The fraction of sp³-hybridized carbons (Fsp3) is 0.444. The van der Waals surface area contributed by atoms with Gasteiger partial charge in [-0.05, 0) is 41.2 Å². The molecular formula is C18H26N2O3SSi. The lowest BCUT2D eigenvalue weighted by Crippen LogP contribution is -2.35. The van der Waals surface area contributed by atoms with Crippen LogP contribution >= 0.6 is 0 Å². The second-order valence-electron chi connectivity index (χ2n) is 6.62. The van der Waals surface area contributed by atoms with E-state index in [4.69, 9.17) is 4.43 Å². The van der Waals surface area contributed by atoms with Crippen molar-refractivity contribution in [3.8, 4) is 0 Å². The van der Waals surface area contributed by atoms with E-state index in [1.165, 1.54) is 4.31 Å². The minimum atomic E-state index is -3.48. The lowest BCUT2D eigenvalue weighted by Gasteiger charge is -2.28. The fourth-order valence-electron chi connectivity index (χ4n) is 3.48. The Morgan fingerprint density at radius 1 is 1.08 bits per heavy atom. The van der Waals surface area contributed by atoms with Crippen molar-refractivity contribution in [3.63, 3.8) is 0 Å². The topological polar surface area (TPSA) is 58.6 Å². The Balaban J connectivity index is 1.97. The molecule has 1 heterocycles. The van der Waals surface area contributed by atoms with Crippen molar-refractivity contribution in [2.75, 3.05) is 16.1 Å².